The third kappa shape index (κ3) is 3.81. The number of hydrogen-bond donors (Lipinski definition) is 1. The normalized spacial score (nSPS) is 20.0. The van der Waals surface area contributed by atoms with Crippen molar-refractivity contribution in [1.82, 2.24) is 20.3 Å². The molecule has 2 aromatic heterocycles. The molecule has 1 N–H and O–H groups in total. The maximum Gasteiger partial charge on any atom is 0.254 e. The minimum atomic E-state index is -0.301. The van der Waals surface area contributed by atoms with Gasteiger partial charge in [0.15, 0.2) is 11.6 Å². The lowest BCUT2D eigenvalue weighted by Gasteiger charge is -2.33. The van der Waals surface area contributed by atoms with Gasteiger partial charge in [-0.15, -0.1) is 0 Å². The lowest BCUT2D eigenvalue weighted by atomic mass is 9.98. The Morgan fingerprint density at radius 3 is 2.77 bits per heavy atom. The van der Waals surface area contributed by atoms with Crippen LogP contribution in [0.15, 0.2) is 30.7 Å². The molecule has 1 atom stereocenters. The zero-order valence-corrected chi connectivity index (χ0v) is 14.6. The lowest BCUT2D eigenvalue weighted by Crippen LogP contribution is -2.41. The van der Waals surface area contributed by atoms with Crippen LogP contribution in [0.2, 0.25) is 0 Å². The highest BCUT2D eigenvalue weighted by Crippen LogP contribution is 2.37. The van der Waals surface area contributed by atoms with Crippen LogP contribution in [0.5, 0.6) is 0 Å². The Bertz CT molecular complexity index is 778. The van der Waals surface area contributed by atoms with Gasteiger partial charge >= 0.3 is 0 Å². The molecule has 1 amide bonds. The van der Waals surface area contributed by atoms with Gasteiger partial charge < -0.3 is 10.2 Å². The van der Waals surface area contributed by atoms with Crippen molar-refractivity contribution in [2.75, 3.05) is 24.5 Å². The van der Waals surface area contributed by atoms with E-state index in [1.165, 1.54) is 6.07 Å². The zero-order valence-electron chi connectivity index (χ0n) is 14.6. The summed E-state index contributed by atoms with van der Waals surface area (Å²) >= 11 is 0. The van der Waals surface area contributed by atoms with Crippen molar-refractivity contribution in [2.24, 2.45) is 5.92 Å². The number of halogens is 1. The maximum absolute atomic E-state index is 13.9. The number of rotatable bonds is 5. The lowest BCUT2D eigenvalue weighted by molar-refractivity contribution is 0.0945. The molecule has 1 aliphatic heterocycles. The average molecular weight is 355 g/mol. The topological polar surface area (TPSA) is 71.0 Å². The van der Waals surface area contributed by atoms with Crippen LogP contribution in [0.4, 0.5) is 10.2 Å². The molecule has 1 aliphatic carbocycles. The minimum absolute atomic E-state index is 0.159. The molecular formula is C19H22FN5O. The molecular weight excluding hydrogens is 333 g/mol. The van der Waals surface area contributed by atoms with E-state index in [-0.39, 0.29) is 17.6 Å². The predicted octanol–water partition coefficient (Wildman–Crippen LogP) is 2.53. The van der Waals surface area contributed by atoms with Crippen molar-refractivity contribution in [3.8, 4) is 0 Å². The Morgan fingerprint density at radius 2 is 2.04 bits per heavy atom. The highest BCUT2D eigenvalue weighted by atomic mass is 19.1. The van der Waals surface area contributed by atoms with Crippen LogP contribution >= 0.6 is 0 Å². The first-order valence-electron chi connectivity index (χ1n) is 9.16. The fraction of sp³-hybridized carbons (Fsp3) is 0.474. The summed E-state index contributed by atoms with van der Waals surface area (Å²) in [6.07, 6.45) is 9.05. The van der Waals surface area contributed by atoms with Gasteiger partial charge in [0.1, 0.15) is 5.82 Å². The molecule has 3 heterocycles. The van der Waals surface area contributed by atoms with E-state index < -0.39 is 0 Å². The Balaban J connectivity index is 1.32. The van der Waals surface area contributed by atoms with Gasteiger partial charge in [0.25, 0.3) is 5.91 Å². The van der Waals surface area contributed by atoms with Crippen LogP contribution < -0.4 is 10.2 Å². The number of hydrogen-bond acceptors (Lipinski definition) is 5. The van der Waals surface area contributed by atoms with Gasteiger partial charge in [-0.2, -0.15) is 0 Å². The van der Waals surface area contributed by atoms with Crippen molar-refractivity contribution < 1.29 is 9.18 Å². The van der Waals surface area contributed by atoms with Crippen molar-refractivity contribution in [2.45, 2.75) is 31.6 Å². The monoisotopic (exact) mass is 355 g/mol. The summed E-state index contributed by atoms with van der Waals surface area (Å²) in [6.45, 7) is 2.02. The van der Waals surface area contributed by atoms with Crippen molar-refractivity contribution in [1.29, 1.82) is 0 Å². The summed E-state index contributed by atoms with van der Waals surface area (Å²) in [7, 11) is 0. The second-order valence-corrected chi connectivity index (χ2v) is 7.08. The Kier molecular flexibility index (Phi) is 4.77. The summed E-state index contributed by atoms with van der Waals surface area (Å²) in [4.78, 5) is 27.0. The van der Waals surface area contributed by atoms with Gasteiger partial charge in [-0.1, -0.05) is 0 Å². The van der Waals surface area contributed by atoms with E-state index in [1.807, 2.05) is 4.90 Å². The molecule has 2 aromatic rings. The Labute approximate surface area is 151 Å². The van der Waals surface area contributed by atoms with Crippen molar-refractivity contribution in [3.63, 3.8) is 0 Å². The summed E-state index contributed by atoms with van der Waals surface area (Å²) in [5, 5.41) is 2.96. The molecule has 136 valence electrons. The second kappa shape index (κ2) is 7.35. The number of amides is 1. The Hall–Kier alpha value is -2.57. The number of carbonyl (C=O) groups excluding carboxylic acids is 1. The minimum Gasteiger partial charge on any atom is -0.354 e. The largest absolute Gasteiger partial charge is 0.354 e. The van der Waals surface area contributed by atoms with E-state index in [4.69, 9.17) is 0 Å². The van der Waals surface area contributed by atoms with Crippen LogP contribution in [-0.2, 0) is 0 Å². The van der Waals surface area contributed by atoms with Crippen LogP contribution in [0, 0.1) is 11.7 Å². The van der Waals surface area contributed by atoms with Gasteiger partial charge in [-0.3, -0.25) is 4.79 Å². The predicted molar refractivity (Wildman–Crippen MR) is 95.5 cm³/mol. The van der Waals surface area contributed by atoms with Crippen LogP contribution in [-0.4, -0.2) is 40.5 Å². The van der Waals surface area contributed by atoms with Gasteiger partial charge in [-0.05, 0) is 43.7 Å². The fourth-order valence-electron chi connectivity index (χ4n) is 3.38. The van der Waals surface area contributed by atoms with E-state index in [2.05, 4.69) is 20.3 Å². The molecule has 26 heavy (non-hydrogen) atoms. The SMILES string of the molecule is O=C(NCC1CCCN(c2ncccc2F)C1)c1cnc(C2CC2)nc1. The molecule has 0 bridgehead atoms. The quantitative estimate of drug-likeness (QED) is 0.892. The molecule has 4 rings (SSSR count). The third-order valence-electron chi connectivity index (χ3n) is 4.99. The van der Waals surface area contributed by atoms with E-state index in [0.717, 1.165) is 38.1 Å². The number of anilines is 1. The molecule has 1 saturated carbocycles. The maximum atomic E-state index is 13.9. The molecule has 0 aromatic carbocycles. The number of nitrogens with one attached hydrogen (secondary N) is 1. The van der Waals surface area contributed by atoms with Gasteiger partial charge in [0, 0.05) is 44.1 Å². The smallest absolute Gasteiger partial charge is 0.254 e. The molecule has 1 saturated heterocycles. The molecule has 0 radical (unpaired) electrons. The number of piperidine rings is 1. The highest BCUT2D eigenvalue weighted by Gasteiger charge is 2.27. The number of pyridine rings is 1. The Morgan fingerprint density at radius 1 is 1.23 bits per heavy atom. The number of nitrogens with zero attached hydrogens (tertiary/aromatic N) is 4. The molecule has 2 aliphatic rings. The summed E-state index contributed by atoms with van der Waals surface area (Å²) in [5.41, 5.74) is 0.484. The van der Waals surface area contributed by atoms with Crippen LogP contribution in [0.3, 0.4) is 0 Å². The van der Waals surface area contributed by atoms with Crippen LogP contribution in [0.1, 0.15) is 47.8 Å². The summed E-state index contributed by atoms with van der Waals surface area (Å²) < 4.78 is 13.9. The van der Waals surface area contributed by atoms with E-state index >= 15 is 0 Å². The molecule has 0 spiro atoms. The van der Waals surface area contributed by atoms with Gasteiger partial charge in [0.2, 0.25) is 0 Å². The summed E-state index contributed by atoms with van der Waals surface area (Å²) in [6, 6.07) is 3.02. The first-order valence-corrected chi connectivity index (χ1v) is 9.16. The van der Waals surface area contributed by atoms with Crippen molar-refractivity contribution >= 4 is 11.7 Å². The molecule has 2 fully saturated rings. The zero-order chi connectivity index (χ0) is 17.9. The highest BCUT2D eigenvalue weighted by molar-refractivity contribution is 5.93. The third-order valence-corrected chi connectivity index (χ3v) is 4.99. The van der Waals surface area contributed by atoms with E-state index in [0.29, 0.717) is 30.4 Å². The van der Waals surface area contributed by atoms with Crippen LogP contribution in [0.25, 0.3) is 0 Å². The fourth-order valence-corrected chi connectivity index (χ4v) is 3.38. The van der Waals surface area contributed by atoms with E-state index in [9.17, 15) is 9.18 Å². The standard InChI is InChI=1S/C19H22FN5O/c20-16-4-1-7-21-18(16)25-8-2-3-13(12-25)9-24-19(26)15-10-22-17(23-11-15)14-5-6-14/h1,4,7,10-11,13-14H,2-3,5-6,8-9,12H2,(H,24,26). The second-order valence-electron chi connectivity index (χ2n) is 7.08. The van der Waals surface area contributed by atoms with Crippen molar-refractivity contribution in [3.05, 3.63) is 47.9 Å². The molecule has 1 unspecified atom stereocenters. The van der Waals surface area contributed by atoms with Gasteiger partial charge in [0.05, 0.1) is 5.56 Å². The number of aromatic nitrogens is 3. The summed E-state index contributed by atoms with van der Waals surface area (Å²) in [5.74, 6) is 1.51. The molecule has 7 heteroatoms. The molecule has 6 nitrogen and oxygen atoms in total. The van der Waals surface area contributed by atoms with Gasteiger partial charge in [-0.25, -0.2) is 19.3 Å². The first kappa shape index (κ1) is 16.9. The first-order chi connectivity index (χ1) is 12.7. The average Bonchev–Trinajstić information content (AvgIpc) is 3.52. The number of carbonyl (C=O) groups is 1. The van der Waals surface area contributed by atoms with E-state index in [1.54, 1.807) is 24.7 Å².